The van der Waals surface area contributed by atoms with Crippen molar-refractivity contribution in [3.05, 3.63) is 53.4 Å². The Balaban J connectivity index is 0.00000541. The Morgan fingerprint density at radius 3 is 2.06 bits per heavy atom. The molecule has 5 aromatic rings. The number of fused-ring (bicyclic) bond motifs is 3. The number of rotatable bonds is 8. The zero-order valence-electron chi connectivity index (χ0n) is 25.5. The maximum absolute atomic E-state index is 13.9. The predicted molar refractivity (Wildman–Crippen MR) is 166 cm³/mol. The van der Waals surface area contributed by atoms with Crippen molar-refractivity contribution < 1.29 is 91.6 Å². The van der Waals surface area contributed by atoms with Gasteiger partial charge in [-0.25, -0.2) is 4.79 Å². The summed E-state index contributed by atoms with van der Waals surface area (Å²) >= 11 is 5.76. The van der Waals surface area contributed by atoms with Crippen LogP contribution in [0.15, 0.2) is 61.3 Å². The molecular weight excluding hydrogens is 813 g/mol. The zero-order chi connectivity index (χ0) is 38.1. The van der Waals surface area contributed by atoms with Gasteiger partial charge in [-0.15, -0.1) is 10.2 Å². The molecule has 0 saturated carbocycles. The molecule has 22 nitrogen and oxygen atoms in total. The molecule has 1 aliphatic heterocycles. The monoisotopic (exact) mass is 825 g/mol. The maximum atomic E-state index is 13.9. The number of azo groups is 1. The molecule has 0 spiro atoms. The number of imide groups is 2. The Kier molecular flexibility index (Phi) is 10.4. The third kappa shape index (κ3) is 7.83. The van der Waals surface area contributed by atoms with Gasteiger partial charge in [0.25, 0.3) is 42.2 Å². The van der Waals surface area contributed by atoms with E-state index < -0.39 is 125 Å². The van der Waals surface area contributed by atoms with Crippen LogP contribution in [-0.4, -0.2) is 87.8 Å². The van der Waals surface area contributed by atoms with Crippen LogP contribution in [0.4, 0.5) is 30.8 Å². The van der Waals surface area contributed by atoms with Gasteiger partial charge in [0.05, 0.1) is 5.69 Å². The van der Waals surface area contributed by atoms with E-state index in [0.717, 1.165) is 18.2 Å². The van der Waals surface area contributed by atoms with E-state index in [1.807, 2.05) is 0 Å². The fourth-order valence-electron chi connectivity index (χ4n) is 4.72. The summed E-state index contributed by atoms with van der Waals surface area (Å²) in [6.07, 6.45) is -1.60. The van der Waals surface area contributed by atoms with Crippen LogP contribution in [0.1, 0.15) is 0 Å². The number of urea groups is 1. The number of nitrogens with one attached hydrogen (secondary N) is 3. The van der Waals surface area contributed by atoms with Gasteiger partial charge in [-0.2, -0.15) is 59.0 Å². The molecule has 4 amide bonds. The van der Waals surface area contributed by atoms with Gasteiger partial charge in [0.15, 0.2) is 5.82 Å². The molecule has 1 aliphatic rings. The van der Waals surface area contributed by atoms with Gasteiger partial charge in [0, 0.05) is 16.5 Å². The van der Waals surface area contributed by atoms with E-state index in [9.17, 15) is 62.1 Å². The van der Waals surface area contributed by atoms with Crippen LogP contribution in [0.3, 0.4) is 0 Å². The fourth-order valence-corrected chi connectivity index (χ4v) is 6.93. The molecule has 0 bridgehead atoms. The van der Waals surface area contributed by atoms with Crippen LogP contribution in [0.2, 0.25) is 5.02 Å². The number of amides is 4. The van der Waals surface area contributed by atoms with Crippen LogP contribution in [0, 0.1) is 12.0 Å². The number of nitrogens with zero attached hydrogens (tertiary/aromatic N) is 7. The summed E-state index contributed by atoms with van der Waals surface area (Å²) in [4.78, 5) is 38.7. The van der Waals surface area contributed by atoms with Gasteiger partial charge in [-0.1, -0.05) is 11.6 Å². The summed E-state index contributed by atoms with van der Waals surface area (Å²) < 4.78 is 133. The number of barbiturate groups is 1. The predicted octanol–water partition coefficient (Wildman–Crippen LogP) is -1.40. The average Bonchev–Trinajstić information content (AvgIpc) is 3.45. The minimum atomic E-state index is -5.36. The van der Waals surface area contributed by atoms with Crippen molar-refractivity contribution in [3.8, 4) is 5.69 Å². The summed E-state index contributed by atoms with van der Waals surface area (Å²) in [6, 6.07) is 1.82. The first-order chi connectivity index (χ1) is 24.1. The van der Waals surface area contributed by atoms with Gasteiger partial charge in [0.1, 0.15) is 36.4 Å². The van der Waals surface area contributed by atoms with E-state index in [1.165, 1.54) is 0 Å². The van der Waals surface area contributed by atoms with Gasteiger partial charge in [0.2, 0.25) is 12.0 Å². The molecule has 270 valence electrons. The van der Waals surface area contributed by atoms with Gasteiger partial charge < -0.3 is 5.32 Å². The van der Waals surface area contributed by atoms with E-state index in [0.29, 0.717) is 23.0 Å². The minimum Gasteiger partial charge on any atom is -0.339 e. The van der Waals surface area contributed by atoms with Crippen molar-refractivity contribution >= 4 is 98.8 Å². The van der Waals surface area contributed by atoms with Crippen molar-refractivity contribution in [2.24, 2.45) is 10.2 Å². The fraction of sp³-hybridized carbons (Fsp3) is 0.0417. The smallest absolute Gasteiger partial charge is 0.339 e. The first kappa shape index (κ1) is 39.5. The number of hydrogen-bond donors (Lipinski definition) is 6. The summed E-state index contributed by atoms with van der Waals surface area (Å²) in [5, 5.41) is 18.6. The second-order valence-electron chi connectivity index (χ2n) is 10.2. The van der Waals surface area contributed by atoms with Crippen molar-refractivity contribution in [1.29, 1.82) is 0 Å². The maximum Gasteiger partial charge on any atom is 1.00 e. The molecule has 29 heteroatoms. The number of carbonyl (C=O) groups excluding carboxylic acids is 3. The Morgan fingerprint density at radius 2 is 1.45 bits per heavy atom. The largest absolute Gasteiger partial charge is 1.00 e. The molecule has 1 saturated heterocycles. The Hall–Kier alpha value is -4.71. The van der Waals surface area contributed by atoms with E-state index in [1.54, 1.807) is 10.6 Å². The second-order valence-corrected chi connectivity index (χ2v) is 14.8. The number of benzene rings is 3. The molecule has 6 rings (SSSR count). The molecule has 0 atom stereocenters. The Morgan fingerprint density at radius 1 is 0.830 bits per heavy atom. The molecule has 1 fully saturated rings. The zero-order valence-corrected chi connectivity index (χ0v) is 30.8. The Bertz CT molecular complexity index is 2810. The van der Waals surface area contributed by atoms with E-state index in [4.69, 9.17) is 11.6 Å². The van der Waals surface area contributed by atoms with Crippen LogP contribution in [0.5, 0.6) is 0 Å². The van der Waals surface area contributed by atoms with E-state index >= 15 is 0 Å². The number of halogens is 3. The van der Waals surface area contributed by atoms with Crippen molar-refractivity contribution in [2.75, 3.05) is 5.32 Å². The summed E-state index contributed by atoms with van der Waals surface area (Å²) in [6.45, 7) is 0. The summed E-state index contributed by atoms with van der Waals surface area (Å²) in [5.74, 6) is -4.68. The molecule has 0 unspecified atom stereocenters. The van der Waals surface area contributed by atoms with Gasteiger partial charge >= 0.3 is 41.7 Å². The van der Waals surface area contributed by atoms with Gasteiger partial charge in [-0.05, 0) is 36.4 Å². The van der Waals surface area contributed by atoms with Crippen LogP contribution in [0.25, 0.3) is 27.5 Å². The quantitative estimate of drug-likeness (QED) is 0.0262. The Labute approximate surface area is 319 Å². The average molecular weight is 826 g/mol. The summed E-state index contributed by atoms with van der Waals surface area (Å²) in [5.41, 5.74) is -2.43. The third-order valence-electron chi connectivity index (χ3n) is 6.82. The molecule has 53 heavy (non-hydrogen) atoms. The molecule has 3 aromatic carbocycles. The number of aromatic nitrogens is 5. The van der Waals surface area contributed by atoms with E-state index in [-0.39, 0.29) is 35.2 Å². The van der Waals surface area contributed by atoms with Crippen molar-refractivity contribution in [2.45, 2.75) is 20.7 Å². The van der Waals surface area contributed by atoms with Gasteiger partial charge in [-0.3, -0.25) is 33.9 Å². The molecular formula is C24H13ClF2N10NaO12S3+. The minimum absolute atomic E-state index is 0. The SMILES string of the molecule is O=C1NC(=O)C(N=Nc2ccc(-n3nc4cc(S(=O)(=O)O)c5cc(Nc6nc(F)nc(F)c6Cl)cc(S(=O)(=O)O)c5c4n3)cc2S(=O)(=O)O)C(=O)N1.[Na+]. The number of carbonyl (C=O) groups is 3. The van der Waals surface area contributed by atoms with Crippen LogP contribution in [-0.2, 0) is 39.9 Å². The first-order valence-electron chi connectivity index (χ1n) is 13.3. The normalized spacial score (nSPS) is 14.4. The van der Waals surface area contributed by atoms with Crippen LogP contribution >= 0.6 is 11.6 Å². The standard InChI is InChI=1S/C24H13ClF2N10O12S3.Na/c25-16-19(26)29-23(27)30-20(16)28-7-3-9-12(50(41,42)43)6-11-17(15(9)14(4-7)52(47,48)49)36-37(35-11)8-1-2-10(13(5-8)51(44,45)46)33-34-18-21(38)31-24(40)32-22(18)39;/h1-6,18H,(H,28,29,30)(H,41,42,43)(H,44,45,46)(H,47,48,49)(H2,31,32,38,39,40);/q;+1. The van der Waals surface area contributed by atoms with Crippen LogP contribution < -0.4 is 45.5 Å². The third-order valence-corrected chi connectivity index (χ3v) is 9.81. The molecule has 0 aliphatic carbocycles. The number of hydrogen-bond acceptors (Lipinski definition) is 16. The van der Waals surface area contributed by atoms with E-state index in [2.05, 4.69) is 35.7 Å². The second kappa shape index (κ2) is 13.9. The van der Waals surface area contributed by atoms with Crippen molar-refractivity contribution in [1.82, 2.24) is 35.6 Å². The topological polar surface area (TPSA) is 332 Å². The first-order valence-corrected chi connectivity index (χ1v) is 18.0. The summed E-state index contributed by atoms with van der Waals surface area (Å²) in [7, 11) is -15.8. The molecule has 6 N–H and O–H groups in total. The molecule has 0 radical (unpaired) electrons. The van der Waals surface area contributed by atoms with Crippen molar-refractivity contribution in [3.63, 3.8) is 0 Å². The molecule has 2 aromatic heterocycles. The molecule has 3 heterocycles. The number of anilines is 2.